The summed E-state index contributed by atoms with van der Waals surface area (Å²) >= 11 is 5.93. The Morgan fingerprint density at radius 1 is 1.40 bits per heavy atom. The SMILES string of the molecule is Cc1cc(O[C@@H](C)C(=O)Nc2nonc2C)ccc1Cl. The number of rotatable bonds is 4. The van der Waals surface area contributed by atoms with E-state index in [2.05, 4.69) is 20.3 Å². The summed E-state index contributed by atoms with van der Waals surface area (Å²) in [5.74, 6) is 0.527. The van der Waals surface area contributed by atoms with Crippen molar-refractivity contribution in [2.45, 2.75) is 26.9 Å². The van der Waals surface area contributed by atoms with Crippen LogP contribution in [-0.4, -0.2) is 22.3 Å². The minimum absolute atomic E-state index is 0.290. The summed E-state index contributed by atoms with van der Waals surface area (Å²) in [6.07, 6.45) is -0.688. The number of carbonyl (C=O) groups is 1. The van der Waals surface area contributed by atoms with E-state index in [1.54, 1.807) is 32.0 Å². The molecule has 0 unspecified atom stereocenters. The van der Waals surface area contributed by atoms with E-state index >= 15 is 0 Å². The van der Waals surface area contributed by atoms with Gasteiger partial charge in [0.05, 0.1) is 0 Å². The molecule has 2 rings (SSSR count). The molecule has 0 saturated carbocycles. The number of carbonyl (C=O) groups excluding carboxylic acids is 1. The summed E-state index contributed by atoms with van der Waals surface area (Å²) in [5, 5.41) is 10.4. The molecule has 7 heteroatoms. The zero-order chi connectivity index (χ0) is 14.7. The van der Waals surface area contributed by atoms with Gasteiger partial charge in [-0.1, -0.05) is 16.8 Å². The Hall–Kier alpha value is -2.08. The molecule has 106 valence electrons. The molecule has 0 fully saturated rings. The first-order valence-electron chi connectivity index (χ1n) is 6.00. The molecule has 0 spiro atoms. The average Bonchev–Trinajstić information content (AvgIpc) is 2.79. The number of hydrogen-bond acceptors (Lipinski definition) is 5. The van der Waals surface area contributed by atoms with E-state index in [9.17, 15) is 4.79 Å². The second kappa shape index (κ2) is 5.92. The van der Waals surface area contributed by atoms with Crippen LogP contribution in [0, 0.1) is 13.8 Å². The largest absolute Gasteiger partial charge is 0.481 e. The summed E-state index contributed by atoms with van der Waals surface area (Å²) < 4.78 is 10.1. The smallest absolute Gasteiger partial charge is 0.266 e. The summed E-state index contributed by atoms with van der Waals surface area (Å²) in [6.45, 7) is 5.19. The highest BCUT2D eigenvalue weighted by molar-refractivity contribution is 6.31. The molecule has 6 nitrogen and oxygen atoms in total. The van der Waals surface area contributed by atoms with Crippen LogP contribution in [0.5, 0.6) is 5.75 Å². The molecule has 0 aliphatic carbocycles. The van der Waals surface area contributed by atoms with Gasteiger partial charge in [-0.2, -0.15) is 0 Å². The lowest BCUT2D eigenvalue weighted by atomic mass is 10.2. The Morgan fingerprint density at radius 3 is 2.75 bits per heavy atom. The highest BCUT2D eigenvalue weighted by atomic mass is 35.5. The quantitative estimate of drug-likeness (QED) is 0.938. The third-order valence-corrected chi connectivity index (χ3v) is 3.13. The monoisotopic (exact) mass is 295 g/mol. The van der Waals surface area contributed by atoms with Gasteiger partial charge in [-0.05, 0) is 49.7 Å². The molecule has 0 aliphatic rings. The molecule has 0 radical (unpaired) electrons. The van der Waals surface area contributed by atoms with Crippen molar-refractivity contribution >= 4 is 23.3 Å². The van der Waals surface area contributed by atoms with Crippen molar-refractivity contribution in [3.63, 3.8) is 0 Å². The van der Waals surface area contributed by atoms with E-state index in [1.165, 1.54) is 0 Å². The van der Waals surface area contributed by atoms with Crippen molar-refractivity contribution in [1.29, 1.82) is 0 Å². The molecule has 0 saturated heterocycles. The number of amides is 1. The van der Waals surface area contributed by atoms with Crippen LogP contribution < -0.4 is 10.1 Å². The number of halogens is 1. The molecule has 1 N–H and O–H groups in total. The second-order valence-corrected chi connectivity index (χ2v) is 4.77. The standard InChI is InChI=1S/C13H14ClN3O3/c1-7-6-10(4-5-11(7)14)19-9(3)13(18)15-12-8(2)16-20-17-12/h4-6,9H,1-3H3,(H,15,17,18)/t9-/m0/s1. The van der Waals surface area contributed by atoms with Gasteiger partial charge in [0, 0.05) is 5.02 Å². The lowest BCUT2D eigenvalue weighted by Crippen LogP contribution is -2.30. The highest BCUT2D eigenvalue weighted by Crippen LogP contribution is 2.22. The second-order valence-electron chi connectivity index (χ2n) is 4.36. The lowest BCUT2D eigenvalue weighted by molar-refractivity contribution is -0.122. The number of nitrogens with zero attached hydrogens (tertiary/aromatic N) is 2. The molecular weight excluding hydrogens is 282 g/mol. The van der Waals surface area contributed by atoms with E-state index in [0.717, 1.165) is 5.56 Å². The van der Waals surface area contributed by atoms with E-state index < -0.39 is 6.10 Å². The van der Waals surface area contributed by atoms with Crippen LogP contribution in [0.1, 0.15) is 18.2 Å². The maximum Gasteiger partial charge on any atom is 0.266 e. The van der Waals surface area contributed by atoms with Gasteiger partial charge in [-0.3, -0.25) is 4.79 Å². The molecule has 0 aliphatic heterocycles. The molecule has 1 aromatic carbocycles. The zero-order valence-electron chi connectivity index (χ0n) is 11.3. The van der Waals surface area contributed by atoms with Crippen molar-refractivity contribution in [1.82, 2.24) is 10.3 Å². The minimum atomic E-state index is -0.688. The highest BCUT2D eigenvalue weighted by Gasteiger charge is 2.18. The Morgan fingerprint density at radius 2 is 2.15 bits per heavy atom. The maximum atomic E-state index is 11.9. The van der Waals surface area contributed by atoms with E-state index in [1.807, 2.05) is 6.92 Å². The molecular formula is C13H14ClN3O3. The topological polar surface area (TPSA) is 77.2 Å². The molecule has 1 heterocycles. The van der Waals surface area contributed by atoms with Crippen LogP contribution in [0.4, 0.5) is 5.82 Å². The summed E-state index contributed by atoms with van der Waals surface area (Å²) in [4.78, 5) is 11.9. The average molecular weight is 296 g/mol. The third-order valence-electron chi connectivity index (χ3n) is 2.71. The van der Waals surface area contributed by atoms with Gasteiger partial charge in [-0.25, -0.2) is 4.63 Å². The number of hydrogen-bond donors (Lipinski definition) is 1. The Balaban J connectivity index is 2.00. The van der Waals surface area contributed by atoms with Crippen LogP contribution >= 0.6 is 11.6 Å². The molecule has 1 aromatic heterocycles. The van der Waals surface area contributed by atoms with Gasteiger partial charge in [-0.15, -0.1) is 0 Å². The molecule has 0 bridgehead atoms. The van der Waals surface area contributed by atoms with E-state index in [4.69, 9.17) is 16.3 Å². The number of nitrogens with one attached hydrogen (secondary N) is 1. The minimum Gasteiger partial charge on any atom is -0.481 e. The van der Waals surface area contributed by atoms with Crippen molar-refractivity contribution in [2.75, 3.05) is 5.32 Å². The first-order chi connectivity index (χ1) is 9.47. The van der Waals surface area contributed by atoms with E-state index in [-0.39, 0.29) is 11.7 Å². The van der Waals surface area contributed by atoms with Gasteiger partial charge in [0.1, 0.15) is 11.4 Å². The first-order valence-corrected chi connectivity index (χ1v) is 6.38. The Bertz CT molecular complexity index is 627. The summed E-state index contributed by atoms with van der Waals surface area (Å²) in [7, 11) is 0. The fourth-order valence-corrected chi connectivity index (χ4v) is 1.63. The van der Waals surface area contributed by atoms with Gasteiger partial charge in [0.25, 0.3) is 5.91 Å². The molecule has 1 amide bonds. The number of benzene rings is 1. The van der Waals surface area contributed by atoms with Gasteiger partial charge in [0.15, 0.2) is 11.9 Å². The van der Waals surface area contributed by atoms with Crippen LogP contribution in [-0.2, 0) is 4.79 Å². The van der Waals surface area contributed by atoms with Crippen molar-refractivity contribution in [3.8, 4) is 5.75 Å². The predicted molar refractivity (Wildman–Crippen MR) is 73.9 cm³/mol. The first kappa shape index (κ1) is 14.3. The van der Waals surface area contributed by atoms with Gasteiger partial charge >= 0.3 is 0 Å². The molecule has 20 heavy (non-hydrogen) atoms. The van der Waals surface area contributed by atoms with Crippen LogP contribution in [0.15, 0.2) is 22.8 Å². The number of anilines is 1. The third kappa shape index (κ3) is 3.27. The van der Waals surface area contributed by atoms with Crippen LogP contribution in [0.2, 0.25) is 5.02 Å². The van der Waals surface area contributed by atoms with Crippen molar-refractivity contribution in [2.24, 2.45) is 0 Å². The summed E-state index contributed by atoms with van der Waals surface area (Å²) in [5.41, 5.74) is 1.39. The van der Waals surface area contributed by atoms with Gasteiger partial charge < -0.3 is 10.1 Å². The van der Waals surface area contributed by atoms with Gasteiger partial charge in [0.2, 0.25) is 0 Å². The van der Waals surface area contributed by atoms with Crippen molar-refractivity contribution in [3.05, 3.63) is 34.5 Å². The Kier molecular flexibility index (Phi) is 4.24. The Labute approximate surface area is 121 Å². The summed E-state index contributed by atoms with van der Waals surface area (Å²) in [6, 6.07) is 5.21. The molecule has 1 atom stereocenters. The number of aryl methyl sites for hydroxylation is 2. The fraction of sp³-hybridized carbons (Fsp3) is 0.308. The van der Waals surface area contributed by atoms with E-state index in [0.29, 0.717) is 16.5 Å². The molecule has 2 aromatic rings. The predicted octanol–water partition coefficient (Wildman–Crippen LogP) is 2.75. The number of aromatic nitrogens is 2. The van der Waals surface area contributed by atoms with Crippen LogP contribution in [0.25, 0.3) is 0 Å². The maximum absolute atomic E-state index is 11.9. The lowest BCUT2D eigenvalue weighted by Gasteiger charge is -2.14. The number of ether oxygens (including phenoxy) is 1. The fourth-order valence-electron chi connectivity index (χ4n) is 1.51. The normalized spacial score (nSPS) is 12.0. The van der Waals surface area contributed by atoms with Crippen molar-refractivity contribution < 1.29 is 14.2 Å². The zero-order valence-corrected chi connectivity index (χ0v) is 12.1. The van der Waals surface area contributed by atoms with Crippen LogP contribution in [0.3, 0.4) is 0 Å².